The summed E-state index contributed by atoms with van der Waals surface area (Å²) in [6.45, 7) is 1.44. The van der Waals surface area contributed by atoms with Crippen LogP contribution in [0.15, 0.2) is 24.4 Å². The van der Waals surface area contributed by atoms with Crippen LogP contribution in [0.3, 0.4) is 0 Å². The first-order valence-corrected chi connectivity index (χ1v) is 6.10. The summed E-state index contributed by atoms with van der Waals surface area (Å²) in [7, 11) is 0. The fourth-order valence-electron chi connectivity index (χ4n) is 1.99. The molecule has 0 atom stereocenters. The molecule has 92 valence electrons. The molecule has 3 rings (SSSR count). The molecule has 0 bridgehead atoms. The van der Waals surface area contributed by atoms with Crippen LogP contribution in [0.4, 0.5) is 0 Å². The van der Waals surface area contributed by atoms with Crippen LogP contribution < -0.4 is 5.32 Å². The van der Waals surface area contributed by atoms with E-state index in [1.165, 1.54) is 0 Å². The van der Waals surface area contributed by atoms with E-state index in [1.807, 2.05) is 6.07 Å². The number of pyridine rings is 1. The number of aromatic nitrogens is 3. The number of nitrogens with one attached hydrogen (secondary N) is 1. The monoisotopic (exact) mass is 262 g/mol. The molecule has 0 spiro atoms. The van der Waals surface area contributed by atoms with Gasteiger partial charge in [-0.25, -0.2) is 4.98 Å². The van der Waals surface area contributed by atoms with Crippen molar-refractivity contribution < 1.29 is 4.79 Å². The lowest BCUT2D eigenvalue weighted by atomic mass is 10.2. The number of nitrogens with zero attached hydrogens (tertiary/aromatic N) is 3. The van der Waals surface area contributed by atoms with Crippen LogP contribution in [-0.4, -0.2) is 27.2 Å². The van der Waals surface area contributed by atoms with Gasteiger partial charge in [0.25, 0.3) is 5.91 Å². The largest absolute Gasteiger partial charge is 0.351 e. The van der Waals surface area contributed by atoms with Crippen LogP contribution in [-0.2, 0) is 6.54 Å². The summed E-state index contributed by atoms with van der Waals surface area (Å²) in [5.74, 6) is -0.0774. The van der Waals surface area contributed by atoms with Gasteiger partial charge >= 0.3 is 0 Å². The van der Waals surface area contributed by atoms with Crippen LogP contribution in [0.1, 0.15) is 16.9 Å². The molecule has 0 saturated heterocycles. The molecule has 5 nitrogen and oxygen atoms in total. The zero-order chi connectivity index (χ0) is 12.5. The quantitative estimate of drug-likeness (QED) is 0.797. The number of halogens is 1. The van der Waals surface area contributed by atoms with E-state index in [1.54, 1.807) is 23.0 Å². The average molecular weight is 263 g/mol. The number of rotatable bonds is 1. The highest BCUT2D eigenvalue weighted by molar-refractivity contribution is 6.29. The van der Waals surface area contributed by atoms with Gasteiger partial charge in [0.1, 0.15) is 10.8 Å². The summed E-state index contributed by atoms with van der Waals surface area (Å²) in [6.07, 6.45) is 2.51. The standard InChI is InChI=1S/C12H11ClN4O/c13-11-6-8(2-4-14-11)9-7-10-12(18)15-3-1-5-17(10)16-9/h2,4,6-7H,1,3,5H2,(H,15,18). The molecule has 1 aliphatic heterocycles. The number of hydrogen-bond donors (Lipinski definition) is 1. The lowest BCUT2D eigenvalue weighted by Crippen LogP contribution is -2.22. The van der Waals surface area contributed by atoms with Crippen LogP contribution in [0.2, 0.25) is 5.15 Å². The molecule has 0 fully saturated rings. The smallest absolute Gasteiger partial charge is 0.269 e. The molecule has 0 radical (unpaired) electrons. The van der Waals surface area contributed by atoms with Gasteiger partial charge < -0.3 is 5.32 Å². The second kappa shape index (κ2) is 4.42. The minimum atomic E-state index is -0.0774. The fraction of sp³-hybridized carbons (Fsp3) is 0.250. The molecule has 1 aliphatic rings. The number of amides is 1. The van der Waals surface area contributed by atoms with E-state index in [0.717, 1.165) is 24.2 Å². The molecular weight excluding hydrogens is 252 g/mol. The molecule has 3 heterocycles. The number of fused-ring (bicyclic) bond motifs is 1. The van der Waals surface area contributed by atoms with Gasteiger partial charge in [0.2, 0.25) is 0 Å². The van der Waals surface area contributed by atoms with Gasteiger partial charge in [-0.05, 0) is 24.6 Å². The number of carbonyl (C=O) groups is 1. The third-order valence-corrected chi connectivity index (χ3v) is 3.07. The van der Waals surface area contributed by atoms with E-state index < -0.39 is 0 Å². The van der Waals surface area contributed by atoms with Crippen molar-refractivity contribution in [2.45, 2.75) is 13.0 Å². The van der Waals surface area contributed by atoms with Gasteiger partial charge in [-0.2, -0.15) is 5.10 Å². The van der Waals surface area contributed by atoms with Crippen LogP contribution in [0.5, 0.6) is 0 Å². The summed E-state index contributed by atoms with van der Waals surface area (Å²) in [4.78, 5) is 15.7. The number of aryl methyl sites for hydroxylation is 1. The predicted molar refractivity (Wildman–Crippen MR) is 67.4 cm³/mol. The number of hydrogen-bond acceptors (Lipinski definition) is 3. The Kier molecular flexibility index (Phi) is 2.76. The molecule has 0 saturated carbocycles. The fourth-order valence-corrected chi connectivity index (χ4v) is 2.17. The summed E-state index contributed by atoms with van der Waals surface area (Å²) >= 11 is 5.85. The normalized spacial score (nSPS) is 14.8. The van der Waals surface area contributed by atoms with E-state index in [0.29, 0.717) is 17.4 Å². The van der Waals surface area contributed by atoms with Crippen molar-refractivity contribution in [2.75, 3.05) is 6.54 Å². The van der Waals surface area contributed by atoms with Gasteiger partial charge in [-0.15, -0.1) is 0 Å². The second-order valence-corrected chi connectivity index (χ2v) is 4.50. The predicted octanol–water partition coefficient (Wildman–Crippen LogP) is 1.73. The first kappa shape index (κ1) is 11.2. The molecule has 0 unspecified atom stereocenters. The van der Waals surface area contributed by atoms with Crippen LogP contribution >= 0.6 is 11.6 Å². The van der Waals surface area contributed by atoms with Gasteiger partial charge in [0, 0.05) is 24.8 Å². The first-order chi connectivity index (χ1) is 8.74. The van der Waals surface area contributed by atoms with Crippen molar-refractivity contribution in [3.05, 3.63) is 35.2 Å². The Balaban J connectivity index is 2.05. The molecule has 18 heavy (non-hydrogen) atoms. The highest BCUT2D eigenvalue weighted by Gasteiger charge is 2.18. The second-order valence-electron chi connectivity index (χ2n) is 4.11. The Morgan fingerprint density at radius 2 is 2.28 bits per heavy atom. The van der Waals surface area contributed by atoms with E-state index in [9.17, 15) is 4.79 Å². The van der Waals surface area contributed by atoms with Gasteiger partial charge in [0.15, 0.2) is 0 Å². The van der Waals surface area contributed by atoms with Crippen molar-refractivity contribution in [1.82, 2.24) is 20.1 Å². The Hall–Kier alpha value is -1.88. The third kappa shape index (κ3) is 1.97. The maximum absolute atomic E-state index is 11.8. The van der Waals surface area contributed by atoms with Crippen molar-refractivity contribution in [3.8, 4) is 11.3 Å². The Bertz CT molecular complexity index is 608. The number of carbonyl (C=O) groups excluding carboxylic acids is 1. The lowest BCUT2D eigenvalue weighted by molar-refractivity contribution is 0.0950. The van der Waals surface area contributed by atoms with Crippen LogP contribution in [0, 0.1) is 0 Å². The molecule has 2 aromatic heterocycles. The summed E-state index contributed by atoms with van der Waals surface area (Å²) < 4.78 is 1.74. The maximum Gasteiger partial charge on any atom is 0.269 e. The minimum Gasteiger partial charge on any atom is -0.351 e. The van der Waals surface area contributed by atoms with Crippen molar-refractivity contribution in [1.29, 1.82) is 0 Å². The van der Waals surface area contributed by atoms with Crippen LogP contribution in [0.25, 0.3) is 11.3 Å². The van der Waals surface area contributed by atoms with E-state index in [2.05, 4.69) is 15.4 Å². The zero-order valence-electron chi connectivity index (χ0n) is 9.56. The van der Waals surface area contributed by atoms with Crippen molar-refractivity contribution in [2.24, 2.45) is 0 Å². The van der Waals surface area contributed by atoms with E-state index in [4.69, 9.17) is 11.6 Å². The SMILES string of the molecule is O=C1NCCCn2nc(-c3ccnc(Cl)c3)cc21. The van der Waals surface area contributed by atoms with Gasteiger partial charge in [-0.3, -0.25) is 9.48 Å². The van der Waals surface area contributed by atoms with E-state index in [-0.39, 0.29) is 5.91 Å². The highest BCUT2D eigenvalue weighted by atomic mass is 35.5. The Labute approximate surface area is 109 Å². The summed E-state index contributed by atoms with van der Waals surface area (Å²) in [5, 5.41) is 7.70. The molecule has 1 amide bonds. The topological polar surface area (TPSA) is 59.8 Å². The molecule has 0 aliphatic carbocycles. The zero-order valence-corrected chi connectivity index (χ0v) is 10.3. The summed E-state index contributed by atoms with van der Waals surface area (Å²) in [5.41, 5.74) is 2.20. The Morgan fingerprint density at radius 3 is 3.11 bits per heavy atom. The maximum atomic E-state index is 11.8. The molecule has 1 N–H and O–H groups in total. The molecule has 6 heteroatoms. The molecule has 0 aromatic carbocycles. The van der Waals surface area contributed by atoms with Crippen molar-refractivity contribution >= 4 is 17.5 Å². The third-order valence-electron chi connectivity index (χ3n) is 2.87. The Morgan fingerprint density at radius 1 is 1.39 bits per heavy atom. The minimum absolute atomic E-state index is 0.0774. The molecular formula is C12H11ClN4O. The van der Waals surface area contributed by atoms with Gasteiger partial charge in [0.05, 0.1) is 5.69 Å². The molecule has 2 aromatic rings. The van der Waals surface area contributed by atoms with Crippen molar-refractivity contribution in [3.63, 3.8) is 0 Å². The summed E-state index contributed by atoms with van der Waals surface area (Å²) in [6, 6.07) is 5.35. The highest BCUT2D eigenvalue weighted by Crippen LogP contribution is 2.21. The van der Waals surface area contributed by atoms with Gasteiger partial charge in [-0.1, -0.05) is 11.6 Å². The van der Waals surface area contributed by atoms with E-state index >= 15 is 0 Å². The lowest BCUT2D eigenvalue weighted by Gasteiger charge is -1.98. The average Bonchev–Trinajstić information content (AvgIpc) is 2.71. The first-order valence-electron chi connectivity index (χ1n) is 5.72.